The number of aromatic nitrogens is 1. The molecule has 1 N–H and O–H groups in total. The molecule has 2 fully saturated rings. The monoisotopic (exact) mass is 393 g/mol. The molecule has 7 nitrogen and oxygen atoms in total. The first-order valence-electron chi connectivity index (χ1n) is 10.0. The Morgan fingerprint density at radius 3 is 2.76 bits per heavy atom. The van der Waals surface area contributed by atoms with Gasteiger partial charge in [0.1, 0.15) is 11.3 Å². The number of hydrogen-bond acceptors (Lipinski definition) is 5. The van der Waals surface area contributed by atoms with Gasteiger partial charge in [-0.1, -0.05) is 13.0 Å². The first-order chi connectivity index (χ1) is 14.0. The predicted molar refractivity (Wildman–Crippen MR) is 106 cm³/mol. The first-order valence-corrected chi connectivity index (χ1v) is 10.0. The molecular formula is C22H23N3O4. The van der Waals surface area contributed by atoms with E-state index in [-0.39, 0.29) is 12.0 Å². The lowest BCUT2D eigenvalue weighted by molar-refractivity contribution is -0.121. The molecule has 0 spiro atoms. The van der Waals surface area contributed by atoms with Crippen molar-refractivity contribution in [2.24, 2.45) is 5.92 Å². The lowest BCUT2D eigenvalue weighted by Gasteiger charge is -2.19. The second kappa shape index (κ2) is 6.56. The second-order valence-electron chi connectivity index (χ2n) is 8.14. The number of imide groups is 1. The third-order valence-corrected chi connectivity index (χ3v) is 6.06. The normalized spacial score (nSPS) is 25.9. The summed E-state index contributed by atoms with van der Waals surface area (Å²) in [5, 5.41) is 2.74. The van der Waals surface area contributed by atoms with E-state index in [1.54, 1.807) is 19.1 Å². The van der Waals surface area contributed by atoms with Gasteiger partial charge >= 0.3 is 6.03 Å². The fourth-order valence-electron chi connectivity index (χ4n) is 3.94. The van der Waals surface area contributed by atoms with Gasteiger partial charge in [-0.25, -0.2) is 14.7 Å². The summed E-state index contributed by atoms with van der Waals surface area (Å²) < 4.78 is 11.8. The quantitative estimate of drug-likeness (QED) is 0.774. The fourth-order valence-corrected chi connectivity index (χ4v) is 3.94. The van der Waals surface area contributed by atoms with E-state index in [2.05, 4.69) is 10.3 Å². The third kappa shape index (κ3) is 3.06. The number of carbonyl (C=O) groups excluding carboxylic acids is 2. The number of carbonyl (C=O) groups is 2. The molecule has 2 aromatic rings. The van der Waals surface area contributed by atoms with Gasteiger partial charge in [-0.3, -0.25) is 4.79 Å². The van der Waals surface area contributed by atoms with Crippen LogP contribution >= 0.6 is 0 Å². The molecule has 3 heterocycles. The molecule has 1 saturated carbocycles. The Kier molecular flexibility index (Phi) is 4.10. The Balaban J connectivity index is 1.34. The Morgan fingerprint density at radius 1 is 1.28 bits per heavy atom. The van der Waals surface area contributed by atoms with Gasteiger partial charge in [-0.15, -0.1) is 0 Å². The number of urea groups is 1. The van der Waals surface area contributed by atoms with Crippen molar-refractivity contribution in [1.82, 2.24) is 10.3 Å². The lowest BCUT2D eigenvalue weighted by atomic mass is 9.99. The zero-order chi connectivity index (χ0) is 20.2. The molecule has 1 aromatic carbocycles. The third-order valence-electron chi connectivity index (χ3n) is 6.06. The van der Waals surface area contributed by atoms with Crippen molar-refractivity contribution >= 4 is 17.6 Å². The van der Waals surface area contributed by atoms with Crippen molar-refractivity contribution < 1.29 is 19.1 Å². The summed E-state index contributed by atoms with van der Waals surface area (Å²) in [5.74, 6) is 1.46. The summed E-state index contributed by atoms with van der Waals surface area (Å²) in [6.07, 6.45) is 4.62. The molecule has 150 valence electrons. The average molecular weight is 393 g/mol. The van der Waals surface area contributed by atoms with E-state index in [4.69, 9.17) is 9.47 Å². The van der Waals surface area contributed by atoms with Crippen LogP contribution in [0.3, 0.4) is 0 Å². The van der Waals surface area contributed by atoms with E-state index in [0.717, 1.165) is 4.90 Å². The smallest absolute Gasteiger partial charge is 0.329 e. The highest BCUT2D eigenvalue weighted by molar-refractivity contribution is 6.23. The van der Waals surface area contributed by atoms with E-state index >= 15 is 0 Å². The van der Waals surface area contributed by atoms with Crippen LogP contribution in [0, 0.1) is 5.92 Å². The number of nitrogens with zero attached hydrogens (tertiary/aromatic N) is 2. The van der Waals surface area contributed by atoms with Crippen LogP contribution < -0.4 is 15.0 Å². The molecule has 0 unspecified atom stereocenters. The Morgan fingerprint density at radius 2 is 2.10 bits per heavy atom. The largest absolute Gasteiger partial charge is 0.439 e. The van der Waals surface area contributed by atoms with Crippen LogP contribution in [0.25, 0.3) is 0 Å². The van der Waals surface area contributed by atoms with Gasteiger partial charge in [0.05, 0.1) is 24.6 Å². The standard InChI is InChI=1S/C22H23N3O4/c1-3-22(2)20(26)25(21(27)24-22)15-7-9-18(23-11-15)29-16-8-6-14-12-28-19(13-4-5-13)17(14)10-16/h6-11,13,19H,3-5,12H2,1-2H3,(H,24,27)/t19-,22+/m0/s1. The molecule has 0 bridgehead atoms. The maximum atomic E-state index is 12.6. The van der Waals surface area contributed by atoms with Crippen molar-refractivity contribution in [3.05, 3.63) is 47.7 Å². The molecule has 0 radical (unpaired) electrons. The molecule has 3 aliphatic rings. The number of anilines is 1. The molecular weight excluding hydrogens is 370 g/mol. The molecule has 29 heavy (non-hydrogen) atoms. The highest BCUT2D eigenvalue weighted by Gasteiger charge is 2.47. The Bertz CT molecular complexity index is 986. The van der Waals surface area contributed by atoms with Gasteiger partial charge in [-0.2, -0.15) is 0 Å². The molecule has 2 atom stereocenters. The topological polar surface area (TPSA) is 80.8 Å². The van der Waals surface area contributed by atoms with Crippen molar-refractivity contribution in [2.45, 2.75) is 51.4 Å². The summed E-state index contributed by atoms with van der Waals surface area (Å²) in [7, 11) is 0. The molecule has 1 saturated heterocycles. The van der Waals surface area contributed by atoms with Gasteiger partial charge in [0, 0.05) is 6.07 Å². The van der Waals surface area contributed by atoms with Crippen molar-refractivity contribution in [1.29, 1.82) is 0 Å². The fraction of sp³-hybridized carbons (Fsp3) is 0.409. The van der Waals surface area contributed by atoms with Gasteiger partial charge in [0.15, 0.2) is 0 Å². The minimum absolute atomic E-state index is 0.177. The number of ether oxygens (including phenoxy) is 2. The highest BCUT2D eigenvalue weighted by atomic mass is 16.5. The molecule has 1 aromatic heterocycles. The number of hydrogen-bond donors (Lipinski definition) is 1. The van der Waals surface area contributed by atoms with Crippen LogP contribution in [-0.2, 0) is 16.1 Å². The van der Waals surface area contributed by atoms with E-state index in [9.17, 15) is 9.59 Å². The van der Waals surface area contributed by atoms with Gasteiger partial charge < -0.3 is 14.8 Å². The zero-order valence-electron chi connectivity index (χ0n) is 16.5. The average Bonchev–Trinajstić information content (AvgIpc) is 3.43. The zero-order valence-corrected chi connectivity index (χ0v) is 16.5. The van der Waals surface area contributed by atoms with Crippen LogP contribution in [0.5, 0.6) is 11.6 Å². The summed E-state index contributed by atoms with van der Waals surface area (Å²) in [4.78, 5) is 30.3. The minimum Gasteiger partial charge on any atom is -0.439 e. The Labute approximate surface area is 169 Å². The van der Waals surface area contributed by atoms with Crippen LogP contribution in [0.15, 0.2) is 36.5 Å². The Hall–Kier alpha value is -2.93. The van der Waals surface area contributed by atoms with Crippen molar-refractivity contribution in [3.63, 3.8) is 0 Å². The highest BCUT2D eigenvalue weighted by Crippen LogP contribution is 2.48. The van der Waals surface area contributed by atoms with Crippen LogP contribution in [-0.4, -0.2) is 22.5 Å². The summed E-state index contributed by atoms with van der Waals surface area (Å²) in [6.45, 7) is 4.25. The van der Waals surface area contributed by atoms with Crippen LogP contribution in [0.1, 0.15) is 50.3 Å². The molecule has 7 heteroatoms. The van der Waals surface area contributed by atoms with E-state index in [1.165, 1.54) is 30.2 Å². The maximum Gasteiger partial charge on any atom is 0.329 e. The van der Waals surface area contributed by atoms with E-state index in [0.29, 0.717) is 36.3 Å². The van der Waals surface area contributed by atoms with Crippen molar-refractivity contribution in [3.8, 4) is 11.6 Å². The first kappa shape index (κ1) is 18.1. The molecule has 3 amide bonds. The van der Waals surface area contributed by atoms with Gasteiger partial charge in [-0.05, 0) is 61.4 Å². The predicted octanol–water partition coefficient (Wildman–Crippen LogP) is 4.08. The number of nitrogens with one attached hydrogen (secondary N) is 1. The lowest BCUT2D eigenvalue weighted by Crippen LogP contribution is -2.43. The molecule has 5 rings (SSSR count). The summed E-state index contributed by atoms with van der Waals surface area (Å²) in [6, 6.07) is 8.90. The maximum absolute atomic E-state index is 12.6. The number of benzene rings is 1. The molecule has 1 aliphatic carbocycles. The number of pyridine rings is 1. The van der Waals surface area contributed by atoms with E-state index in [1.807, 2.05) is 25.1 Å². The minimum atomic E-state index is -0.878. The summed E-state index contributed by atoms with van der Waals surface area (Å²) in [5.41, 5.74) is 1.97. The molecule has 2 aliphatic heterocycles. The number of rotatable bonds is 5. The number of amides is 3. The number of fused-ring (bicyclic) bond motifs is 1. The van der Waals surface area contributed by atoms with Crippen molar-refractivity contribution in [2.75, 3.05) is 4.90 Å². The van der Waals surface area contributed by atoms with Crippen LogP contribution in [0.4, 0.5) is 10.5 Å². The SMILES string of the molecule is CC[C@@]1(C)NC(=O)N(c2ccc(Oc3ccc4c(c3)[C@H](C3CC3)OC4)nc2)C1=O. The summed E-state index contributed by atoms with van der Waals surface area (Å²) >= 11 is 0. The van der Waals surface area contributed by atoms with E-state index < -0.39 is 11.6 Å². The van der Waals surface area contributed by atoms with Crippen LogP contribution in [0.2, 0.25) is 0 Å². The van der Waals surface area contributed by atoms with Gasteiger partial charge in [0.25, 0.3) is 5.91 Å². The van der Waals surface area contributed by atoms with Gasteiger partial charge in [0.2, 0.25) is 5.88 Å². The second-order valence-corrected chi connectivity index (χ2v) is 8.14.